The summed E-state index contributed by atoms with van der Waals surface area (Å²) in [5.41, 5.74) is 1.18. The van der Waals surface area contributed by atoms with Crippen molar-refractivity contribution in [2.24, 2.45) is 0 Å². The first-order valence-corrected chi connectivity index (χ1v) is 9.30. The molecular weight excluding hydrogens is 346 g/mol. The number of benzene rings is 1. The number of carbonyl (C=O) groups is 1. The van der Waals surface area contributed by atoms with E-state index in [1.165, 1.54) is 0 Å². The maximum absolute atomic E-state index is 12.5. The fourth-order valence-corrected chi connectivity index (χ4v) is 3.24. The van der Waals surface area contributed by atoms with Crippen LogP contribution < -0.4 is 20.1 Å². The molecule has 2 N–H and O–H groups in total. The summed E-state index contributed by atoms with van der Waals surface area (Å²) in [6.45, 7) is 6.07. The average molecular weight is 373 g/mol. The highest BCUT2D eigenvalue weighted by Gasteiger charge is 2.23. The lowest BCUT2D eigenvalue weighted by Gasteiger charge is -2.23. The Hall–Kier alpha value is -2.61. The van der Waals surface area contributed by atoms with Gasteiger partial charge in [-0.25, -0.2) is 4.68 Å². The van der Waals surface area contributed by atoms with E-state index < -0.39 is 0 Å². The minimum Gasteiger partial charge on any atom is -0.493 e. The van der Waals surface area contributed by atoms with E-state index in [-0.39, 0.29) is 12.0 Å². The third kappa shape index (κ3) is 4.57. The molecule has 0 bridgehead atoms. The Labute approximate surface area is 159 Å². The molecule has 8 heteroatoms. The van der Waals surface area contributed by atoms with Crippen LogP contribution in [0.3, 0.4) is 0 Å². The molecule has 1 aromatic heterocycles. The van der Waals surface area contributed by atoms with Crippen molar-refractivity contribution in [3.8, 4) is 11.5 Å². The molecule has 1 amide bonds. The van der Waals surface area contributed by atoms with Crippen molar-refractivity contribution in [1.82, 2.24) is 25.6 Å². The van der Waals surface area contributed by atoms with Crippen LogP contribution in [0.25, 0.3) is 0 Å². The molecule has 1 saturated heterocycles. The molecular formula is C19H27N5O3. The molecule has 3 rings (SSSR count). The van der Waals surface area contributed by atoms with E-state index in [9.17, 15) is 4.79 Å². The fraction of sp³-hybridized carbons (Fsp3) is 0.526. The minimum atomic E-state index is -0.233. The summed E-state index contributed by atoms with van der Waals surface area (Å²) in [6.07, 6.45) is 1.77. The number of rotatable bonds is 7. The van der Waals surface area contributed by atoms with E-state index in [2.05, 4.69) is 20.9 Å². The Balaban J connectivity index is 1.57. The molecule has 0 spiro atoms. The first-order valence-electron chi connectivity index (χ1n) is 9.30. The minimum absolute atomic E-state index is 0.218. The van der Waals surface area contributed by atoms with E-state index in [0.717, 1.165) is 31.6 Å². The Morgan fingerprint density at radius 1 is 1.33 bits per heavy atom. The van der Waals surface area contributed by atoms with Gasteiger partial charge in [0.25, 0.3) is 5.91 Å². The summed E-state index contributed by atoms with van der Waals surface area (Å²) in [5, 5.41) is 14.5. The van der Waals surface area contributed by atoms with Crippen LogP contribution in [0.1, 0.15) is 42.0 Å². The van der Waals surface area contributed by atoms with Crippen molar-refractivity contribution in [1.29, 1.82) is 0 Å². The molecule has 146 valence electrons. The van der Waals surface area contributed by atoms with Crippen LogP contribution in [0, 0.1) is 6.92 Å². The fourth-order valence-electron chi connectivity index (χ4n) is 3.24. The predicted octanol–water partition coefficient (Wildman–Crippen LogP) is 1.72. The van der Waals surface area contributed by atoms with E-state index in [1.54, 1.807) is 7.11 Å². The standard InChI is InChI=1S/C19H27N5O3/c1-13(27-17-7-5-4-6-16(17)26-3)12-21-19(25)18-14(2)24(23-22-18)15-8-10-20-11-9-15/h4-7,13,15,20H,8-12H2,1-3H3,(H,21,25). The quantitative estimate of drug-likeness (QED) is 0.768. The Morgan fingerprint density at radius 3 is 2.74 bits per heavy atom. The van der Waals surface area contributed by atoms with Crippen LogP contribution >= 0.6 is 0 Å². The Morgan fingerprint density at radius 2 is 2.04 bits per heavy atom. The molecule has 1 fully saturated rings. The SMILES string of the molecule is COc1ccccc1OC(C)CNC(=O)c1nnn(C2CCNCC2)c1C. The summed E-state index contributed by atoms with van der Waals surface area (Å²) < 4.78 is 13.0. The van der Waals surface area contributed by atoms with Gasteiger partial charge in [0.1, 0.15) is 6.10 Å². The number of nitrogens with zero attached hydrogens (tertiary/aromatic N) is 3. The van der Waals surface area contributed by atoms with Crippen molar-refractivity contribution >= 4 is 5.91 Å². The summed E-state index contributed by atoms with van der Waals surface area (Å²) in [6, 6.07) is 7.74. The summed E-state index contributed by atoms with van der Waals surface area (Å²) in [4.78, 5) is 12.5. The van der Waals surface area contributed by atoms with Crippen LogP contribution in [-0.2, 0) is 0 Å². The highest BCUT2D eigenvalue weighted by molar-refractivity contribution is 5.93. The van der Waals surface area contributed by atoms with E-state index in [1.807, 2.05) is 42.8 Å². The third-order valence-corrected chi connectivity index (χ3v) is 4.74. The Kier molecular flexibility index (Phi) is 6.28. The summed E-state index contributed by atoms with van der Waals surface area (Å²) in [5.74, 6) is 1.08. The first kappa shape index (κ1) is 19.2. The number of hydrogen-bond acceptors (Lipinski definition) is 6. The van der Waals surface area contributed by atoms with Gasteiger partial charge >= 0.3 is 0 Å². The molecule has 27 heavy (non-hydrogen) atoms. The molecule has 1 unspecified atom stereocenters. The Bertz CT molecular complexity index is 770. The van der Waals surface area contributed by atoms with Crippen LogP contribution in [0.15, 0.2) is 24.3 Å². The smallest absolute Gasteiger partial charge is 0.273 e. The maximum atomic E-state index is 12.5. The van der Waals surface area contributed by atoms with Gasteiger partial charge in [-0.05, 0) is 51.9 Å². The summed E-state index contributed by atoms with van der Waals surface area (Å²) in [7, 11) is 1.60. The molecule has 0 saturated carbocycles. The zero-order valence-corrected chi connectivity index (χ0v) is 16.1. The normalized spacial score (nSPS) is 16.0. The lowest BCUT2D eigenvalue weighted by Crippen LogP contribution is -2.34. The zero-order chi connectivity index (χ0) is 19.2. The third-order valence-electron chi connectivity index (χ3n) is 4.74. The predicted molar refractivity (Wildman–Crippen MR) is 101 cm³/mol. The van der Waals surface area contributed by atoms with Gasteiger partial charge in [-0.1, -0.05) is 17.3 Å². The monoisotopic (exact) mass is 373 g/mol. The molecule has 1 aromatic carbocycles. The second-order valence-corrected chi connectivity index (χ2v) is 6.74. The van der Waals surface area contributed by atoms with Gasteiger partial charge in [-0.2, -0.15) is 0 Å². The molecule has 2 aromatic rings. The number of carbonyl (C=O) groups excluding carboxylic acids is 1. The van der Waals surface area contributed by atoms with Crippen molar-refractivity contribution in [3.63, 3.8) is 0 Å². The number of aromatic nitrogens is 3. The molecule has 0 radical (unpaired) electrons. The van der Waals surface area contributed by atoms with Gasteiger partial charge in [0.15, 0.2) is 17.2 Å². The van der Waals surface area contributed by atoms with Gasteiger partial charge in [0.2, 0.25) is 0 Å². The van der Waals surface area contributed by atoms with Gasteiger partial charge in [-0.3, -0.25) is 4.79 Å². The number of ether oxygens (including phenoxy) is 2. The number of piperidine rings is 1. The highest BCUT2D eigenvalue weighted by atomic mass is 16.5. The van der Waals surface area contributed by atoms with E-state index in [0.29, 0.717) is 29.8 Å². The van der Waals surface area contributed by atoms with Crippen molar-refractivity contribution in [3.05, 3.63) is 35.7 Å². The van der Waals surface area contributed by atoms with E-state index in [4.69, 9.17) is 9.47 Å². The van der Waals surface area contributed by atoms with E-state index >= 15 is 0 Å². The lowest BCUT2D eigenvalue weighted by molar-refractivity contribution is 0.0925. The van der Waals surface area contributed by atoms with Gasteiger partial charge in [-0.15, -0.1) is 5.10 Å². The molecule has 0 aliphatic carbocycles. The second-order valence-electron chi connectivity index (χ2n) is 6.74. The largest absolute Gasteiger partial charge is 0.493 e. The van der Waals surface area contributed by atoms with Crippen LogP contribution in [-0.4, -0.2) is 53.7 Å². The van der Waals surface area contributed by atoms with Crippen molar-refractivity contribution in [2.45, 2.75) is 38.8 Å². The average Bonchev–Trinajstić information content (AvgIpc) is 3.08. The molecule has 2 heterocycles. The molecule has 1 atom stereocenters. The van der Waals surface area contributed by atoms with Gasteiger partial charge < -0.3 is 20.1 Å². The van der Waals surface area contributed by atoms with Gasteiger partial charge in [0.05, 0.1) is 25.4 Å². The van der Waals surface area contributed by atoms with Crippen LogP contribution in [0.4, 0.5) is 0 Å². The number of amides is 1. The van der Waals surface area contributed by atoms with Crippen molar-refractivity contribution in [2.75, 3.05) is 26.7 Å². The molecule has 1 aliphatic heterocycles. The number of para-hydroxylation sites is 2. The topological polar surface area (TPSA) is 90.3 Å². The zero-order valence-electron chi connectivity index (χ0n) is 16.1. The number of nitrogens with one attached hydrogen (secondary N) is 2. The van der Waals surface area contributed by atoms with Crippen LogP contribution in [0.2, 0.25) is 0 Å². The van der Waals surface area contributed by atoms with Gasteiger partial charge in [0, 0.05) is 0 Å². The lowest BCUT2D eigenvalue weighted by atomic mass is 10.1. The molecule has 8 nitrogen and oxygen atoms in total. The first-order chi connectivity index (χ1) is 13.1. The maximum Gasteiger partial charge on any atom is 0.273 e. The van der Waals surface area contributed by atoms with Crippen LogP contribution in [0.5, 0.6) is 11.5 Å². The van der Waals surface area contributed by atoms with Crippen molar-refractivity contribution < 1.29 is 14.3 Å². The number of hydrogen-bond donors (Lipinski definition) is 2. The highest BCUT2D eigenvalue weighted by Crippen LogP contribution is 2.26. The molecule has 1 aliphatic rings. The number of methoxy groups -OCH3 is 1. The second kappa shape index (κ2) is 8.85. The summed E-state index contributed by atoms with van der Waals surface area (Å²) >= 11 is 0.